The first-order valence-electron chi connectivity index (χ1n) is 8.96. The van der Waals surface area contributed by atoms with Crippen molar-refractivity contribution in [2.45, 2.75) is 5.81 Å². The van der Waals surface area contributed by atoms with Crippen LogP contribution in [-0.2, 0) is 0 Å². The Bertz CT molecular complexity index is 1220. The van der Waals surface area contributed by atoms with E-state index in [0.717, 1.165) is 7.85 Å². The fourth-order valence-electron chi connectivity index (χ4n) is 2.79. The molecular weight excluding hydrogens is 462 g/mol. The molecule has 0 aliphatic heterocycles. The predicted octanol–water partition coefficient (Wildman–Crippen LogP) is 1.44. The number of hydrogen-bond acceptors (Lipinski definition) is 7. The number of rotatable bonds is 6. The number of thiocarbonyl (C=S) groups is 1. The molecule has 0 unspecified atom stereocenters. The van der Waals surface area contributed by atoms with Crippen LogP contribution in [0.1, 0.15) is 10.4 Å². The molecule has 0 spiro atoms. The number of nitrogens with zero attached hydrogens (tertiary/aromatic N) is 1. The first kappa shape index (κ1) is 23.5. The normalized spacial score (nSPS) is 11.2. The second-order valence-electron chi connectivity index (χ2n) is 6.68. The molecule has 0 fully saturated rings. The minimum Gasteiger partial charge on any atom is -0.496 e. The number of aliphatic hydroxyl groups is 2. The zero-order chi connectivity index (χ0) is 23.6. The van der Waals surface area contributed by atoms with Crippen LogP contribution in [-0.4, -0.2) is 47.0 Å². The molecule has 0 saturated heterocycles. The third-order valence-electron chi connectivity index (χ3n) is 4.15. The van der Waals surface area contributed by atoms with E-state index in [1.807, 2.05) is 0 Å². The number of carbonyl (C=O) groups is 1. The van der Waals surface area contributed by atoms with Gasteiger partial charge >= 0.3 is 0 Å². The first-order chi connectivity index (χ1) is 15.0. The van der Waals surface area contributed by atoms with Crippen LogP contribution >= 0.6 is 23.8 Å². The van der Waals surface area contributed by atoms with Crippen molar-refractivity contribution in [3.63, 3.8) is 0 Å². The van der Waals surface area contributed by atoms with Gasteiger partial charge in [0.05, 0.1) is 23.9 Å². The Kier molecular flexibility index (Phi) is 6.70. The highest BCUT2D eigenvalue weighted by molar-refractivity contribution is 7.80. The number of ether oxygens (including phenoxy) is 2. The van der Waals surface area contributed by atoms with Crippen molar-refractivity contribution >= 4 is 59.3 Å². The van der Waals surface area contributed by atoms with E-state index in [-0.39, 0.29) is 38.6 Å². The fourth-order valence-corrected chi connectivity index (χ4v) is 3.30. The quantitative estimate of drug-likeness (QED) is 0.202. The van der Waals surface area contributed by atoms with Gasteiger partial charge in [-0.15, -0.1) is 0 Å². The molecule has 1 heterocycles. The van der Waals surface area contributed by atoms with E-state index in [4.69, 9.17) is 39.0 Å². The van der Waals surface area contributed by atoms with E-state index in [0.29, 0.717) is 10.9 Å². The van der Waals surface area contributed by atoms with Crippen LogP contribution in [0.15, 0.2) is 36.5 Å². The van der Waals surface area contributed by atoms with Gasteiger partial charge in [-0.3, -0.25) is 9.78 Å². The lowest BCUT2D eigenvalue weighted by atomic mass is 10.1. The van der Waals surface area contributed by atoms with Crippen LogP contribution in [0, 0.1) is 5.82 Å². The van der Waals surface area contributed by atoms with Crippen molar-refractivity contribution in [2.75, 3.05) is 12.4 Å². The maximum Gasteiger partial charge on any atom is 0.252 e. The summed E-state index contributed by atoms with van der Waals surface area (Å²) < 4.78 is 25.8. The van der Waals surface area contributed by atoms with Crippen molar-refractivity contribution in [3.8, 4) is 17.2 Å². The lowest BCUT2D eigenvalue weighted by Crippen LogP contribution is -2.50. The van der Waals surface area contributed by atoms with Crippen molar-refractivity contribution in [1.82, 2.24) is 10.3 Å². The van der Waals surface area contributed by atoms with E-state index in [1.54, 1.807) is 0 Å². The first-order valence-corrected chi connectivity index (χ1v) is 9.75. The van der Waals surface area contributed by atoms with E-state index in [2.05, 4.69) is 15.6 Å². The van der Waals surface area contributed by atoms with Crippen molar-refractivity contribution in [3.05, 3.63) is 52.9 Å². The van der Waals surface area contributed by atoms with Crippen molar-refractivity contribution < 1.29 is 28.9 Å². The Labute approximate surface area is 192 Å². The van der Waals surface area contributed by atoms with Gasteiger partial charge in [-0.05, 0) is 36.5 Å². The van der Waals surface area contributed by atoms with E-state index in [9.17, 15) is 19.4 Å². The molecule has 0 aliphatic rings. The molecule has 1 aromatic heterocycles. The molecule has 32 heavy (non-hydrogen) atoms. The highest BCUT2D eigenvalue weighted by Gasteiger charge is 2.20. The summed E-state index contributed by atoms with van der Waals surface area (Å²) in [6, 6.07) is 7.14. The molecule has 0 bridgehead atoms. The number of pyridine rings is 1. The van der Waals surface area contributed by atoms with Crippen LogP contribution in [0.4, 0.5) is 10.1 Å². The van der Waals surface area contributed by atoms with Gasteiger partial charge in [0.2, 0.25) is 7.85 Å². The minimum absolute atomic E-state index is 0.0682. The highest BCUT2D eigenvalue weighted by Crippen LogP contribution is 2.37. The Hall–Kier alpha value is -3.19. The van der Waals surface area contributed by atoms with Crippen molar-refractivity contribution in [2.24, 2.45) is 5.73 Å². The number of halogens is 2. The molecular formula is C19H17BClFN4O5S. The molecule has 0 atom stereocenters. The summed E-state index contributed by atoms with van der Waals surface area (Å²) in [6.45, 7) is 0. The van der Waals surface area contributed by atoms with E-state index in [1.165, 1.54) is 43.6 Å². The Morgan fingerprint density at radius 3 is 2.62 bits per heavy atom. The maximum atomic E-state index is 14.9. The third-order valence-corrected chi connectivity index (χ3v) is 4.73. The standard InChI is InChI=1S/C19H17BClFN4O5S/c1-30-14-7-11-8(6-9(14)17(23)27)12(4-5-24-11)31-13-3-2-10(15(21)16(13)22)25-18(32)26-19(20,28)29/h2-7,28-29H,20H2,1H3,(H2,23,27)(H2,25,26,32). The van der Waals surface area contributed by atoms with Crippen LogP contribution in [0.5, 0.6) is 17.2 Å². The maximum absolute atomic E-state index is 14.9. The lowest BCUT2D eigenvalue weighted by Gasteiger charge is -2.21. The number of benzene rings is 2. The molecule has 6 N–H and O–H groups in total. The number of nitrogens with two attached hydrogens (primary N) is 1. The molecule has 13 heteroatoms. The fraction of sp³-hybridized carbons (Fsp3) is 0.105. The molecule has 0 aliphatic carbocycles. The van der Waals surface area contributed by atoms with Gasteiger partial charge in [-0.1, -0.05) is 11.6 Å². The molecule has 3 rings (SSSR count). The summed E-state index contributed by atoms with van der Waals surface area (Å²) in [7, 11) is 2.45. The Morgan fingerprint density at radius 1 is 1.28 bits per heavy atom. The second-order valence-corrected chi connectivity index (χ2v) is 7.47. The number of aromatic nitrogens is 1. The number of carbonyl (C=O) groups excluding carboxylic acids is 1. The third kappa shape index (κ3) is 5.17. The molecule has 166 valence electrons. The lowest BCUT2D eigenvalue weighted by molar-refractivity contribution is -0.0959. The topological polar surface area (TPSA) is 139 Å². The monoisotopic (exact) mass is 478 g/mol. The summed E-state index contributed by atoms with van der Waals surface area (Å²) in [5.41, 5.74) is 6.02. The van der Waals surface area contributed by atoms with Gasteiger partial charge in [0.25, 0.3) is 5.91 Å². The molecule has 0 radical (unpaired) electrons. The van der Waals surface area contributed by atoms with Gasteiger partial charge in [0, 0.05) is 17.6 Å². The number of nitrogens with one attached hydrogen (secondary N) is 2. The summed E-state index contributed by atoms with van der Waals surface area (Å²) in [6.07, 6.45) is 1.45. The average molecular weight is 479 g/mol. The minimum atomic E-state index is -2.27. The molecule has 2 aromatic carbocycles. The zero-order valence-corrected chi connectivity index (χ0v) is 18.3. The smallest absolute Gasteiger partial charge is 0.252 e. The second kappa shape index (κ2) is 9.13. The summed E-state index contributed by atoms with van der Waals surface area (Å²) >= 11 is 11.0. The highest BCUT2D eigenvalue weighted by atomic mass is 35.5. The predicted molar refractivity (Wildman–Crippen MR) is 123 cm³/mol. The molecule has 9 nitrogen and oxygen atoms in total. The van der Waals surface area contributed by atoms with Gasteiger partial charge in [0.15, 0.2) is 22.5 Å². The number of fused-ring (bicyclic) bond motifs is 1. The summed E-state index contributed by atoms with van der Waals surface area (Å²) in [5.74, 6) is -3.65. The number of primary amides is 1. The van der Waals surface area contributed by atoms with Crippen LogP contribution in [0.3, 0.4) is 0 Å². The summed E-state index contributed by atoms with van der Waals surface area (Å²) in [5, 5.41) is 23.2. The van der Waals surface area contributed by atoms with Crippen LogP contribution in [0.25, 0.3) is 10.9 Å². The largest absolute Gasteiger partial charge is 0.496 e. The number of methoxy groups -OCH3 is 1. The zero-order valence-electron chi connectivity index (χ0n) is 16.8. The number of hydrogen-bond donors (Lipinski definition) is 5. The van der Waals surface area contributed by atoms with E-state index >= 15 is 0 Å². The van der Waals surface area contributed by atoms with Crippen LogP contribution in [0.2, 0.25) is 5.02 Å². The summed E-state index contributed by atoms with van der Waals surface area (Å²) in [4.78, 5) is 16.0. The number of anilines is 1. The van der Waals surface area contributed by atoms with Gasteiger partial charge in [-0.2, -0.15) is 0 Å². The SMILES string of the molecule is BC(O)(O)NC(=S)Nc1ccc(Oc2ccnc3cc(OC)c(C(N)=O)cc23)c(F)c1Cl. The van der Waals surface area contributed by atoms with Gasteiger partial charge in [0.1, 0.15) is 16.5 Å². The Balaban J connectivity index is 1.95. The van der Waals surface area contributed by atoms with E-state index < -0.39 is 17.5 Å². The molecule has 1 amide bonds. The van der Waals surface area contributed by atoms with Crippen LogP contribution < -0.4 is 25.8 Å². The average Bonchev–Trinajstić information content (AvgIpc) is 2.71. The molecule has 3 aromatic rings. The van der Waals surface area contributed by atoms with Gasteiger partial charge in [-0.25, -0.2) is 4.39 Å². The Morgan fingerprint density at radius 2 is 2.00 bits per heavy atom. The molecule has 0 saturated carbocycles. The van der Waals surface area contributed by atoms with Gasteiger partial charge < -0.3 is 36.1 Å². The number of amides is 1. The van der Waals surface area contributed by atoms with Crippen molar-refractivity contribution in [1.29, 1.82) is 0 Å².